The average molecular weight is 282 g/mol. The molecule has 0 aromatic carbocycles. The van der Waals surface area contributed by atoms with Crippen LogP contribution in [0.1, 0.15) is 52.4 Å². The molecule has 20 heavy (non-hydrogen) atoms. The van der Waals surface area contributed by atoms with E-state index in [0.717, 1.165) is 32.1 Å². The van der Waals surface area contributed by atoms with Crippen LogP contribution in [0.4, 0.5) is 0 Å². The quantitative estimate of drug-likeness (QED) is 0.408. The molecule has 0 amide bonds. The molecule has 0 radical (unpaired) electrons. The molecule has 4 nitrogen and oxygen atoms in total. The van der Waals surface area contributed by atoms with Gasteiger partial charge in [-0.05, 0) is 51.4 Å². The van der Waals surface area contributed by atoms with Gasteiger partial charge in [-0.3, -0.25) is 9.59 Å². The van der Waals surface area contributed by atoms with Crippen molar-refractivity contribution in [2.45, 2.75) is 58.5 Å². The second-order valence-corrected chi connectivity index (χ2v) is 5.32. The summed E-state index contributed by atoms with van der Waals surface area (Å²) >= 11 is 0. The number of esters is 2. The van der Waals surface area contributed by atoms with Gasteiger partial charge in [0.05, 0.1) is 6.61 Å². The predicted octanol–water partition coefficient (Wildman–Crippen LogP) is 3.25. The number of rotatable bonds is 7. The summed E-state index contributed by atoms with van der Waals surface area (Å²) in [5.41, 5.74) is 0. The highest BCUT2D eigenvalue weighted by Crippen LogP contribution is 2.29. The van der Waals surface area contributed by atoms with E-state index < -0.39 is 17.9 Å². The van der Waals surface area contributed by atoms with Gasteiger partial charge in [0.15, 0.2) is 5.92 Å². The normalized spacial score (nSPS) is 23.7. The van der Waals surface area contributed by atoms with Gasteiger partial charge in [-0.15, -0.1) is 6.58 Å². The van der Waals surface area contributed by atoms with Crippen LogP contribution in [-0.4, -0.2) is 24.6 Å². The summed E-state index contributed by atoms with van der Waals surface area (Å²) in [6, 6.07) is 0. The van der Waals surface area contributed by atoms with E-state index in [9.17, 15) is 9.59 Å². The summed E-state index contributed by atoms with van der Waals surface area (Å²) in [7, 11) is 0. The largest absolute Gasteiger partial charge is 0.465 e. The number of allylic oxidation sites excluding steroid dienone is 1. The zero-order valence-corrected chi connectivity index (χ0v) is 12.6. The highest BCUT2D eigenvalue weighted by molar-refractivity contribution is 5.94. The Balaban J connectivity index is 2.41. The van der Waals surface area contributed by atoms with E-state index in [1.165, 1.54) is 0 Å². The Morgan fingerprint density at radius 2 is 1.85 bits per heavy atom. The number of hydrogen-bond acceptors (Lipinski definition) is 4. The SMILES string of the molecule is C=CCC1CCC(OC(=O)C(CC)C(=O)OCC)CC1. The first-order valence-corrected chi connectivity index (χ1v) is 7.60. The smallest absolute Gasteiger partial charge is 0.320 e. The van der Waals surface area contributed by atoms with Crippen LogP contribution in [0.15, 0.2) is 12.7 Å². The van der Waals surface area contributed by atoms with Crippen LogP contribution < -0.4 is 0 Å². The minimum atomic E-state index is -0.777. The molecule has 1 aliphatic carbocycles. The number of carbonyl (C=O) groups is 2. The minimum absolute atomic E-state index is 0.0490. The molecule has 114 valence electrons. The number of ether oxygens (including phenoxy) is 2. The summed E-state index contributed by atoms with van der Waals surface area (Å²) in [6.45, 7) is 7.57. The predicted molar refractivity (Wildman–Crippen MR) is 77.1 cm³/mol. The van der Waals surface area contributed by atoms with Crippen molar-refractivity contribution in [2.24, 2.45) is 11.8 Å². The molecule has 1 unspecified atom stereocenters. The highest BCUT2D eigenvalue weighted by Gasteiger charge is 2.31. The fourth-order valence-corrected chi connectivity index (χ4v) is 2.64. The monoisotopic (exact) mass is 282 g/mol. The third-order valence-corrected chi connectivity index (χ3v) is 3.84. The first-order valence-electron chi connectivity index (χ1n) is 7.60. The van der Waals surface area contributed by atoms with Gasteiger partial charge >= 0.3 is 11.9 Å². The zero-order chi connectivity index (χ0) is 15.0. The van der Waals surface area contributed by atoms with Crippen LogP contribution in [0, 0.1) is 11.8 Å². The molecule has 1 atom stereocenters. The van der Waals surface area contributed by atoms with Crippen molar-refractivity contribution < 1.29 is 19.1 Å². The molecule has 1 fully saturated rings. The van der Waals surface area contributed by atoms with Crippen molar-refractivity contribution in [3.63, 3.8) is 0 Å². The van der Waals surface area contributed by atoms with Crippen molar-refractivity contribution in [2.75, 3.05) is 6.61 Å². The summed E-state index contributed by atoms with van der Waals surface area (Å²) in [4.78, 5) is 23.7. The van der Waals surface area contributed by atoms with Gasteiger partial charge in [-0.25, -0.2) is 0 Å². The van der Waals surface area contributed by atoms with E-state index in [2.05, 4.69) is 6.58 Å². The highest BCUT2D eigenvalue weighted by atomic mass is 16.6. The van der Waals surface area contributed by atoms with Crippen LogP contribution in [0.3, 0.4) is 0 Å². The van der Waals surface area contributed by atoms with E-state index in [1.54, 1.807) is 13.8 Å². The molecule has 0 heterocycles. The maximum Gasteiger partial charge on any atom is 0.320 e. The zero-order valence-electron chi connectivity index (χ0n) is 12.6. The molecule has 1 saturated carbocycles. The molecule has 0 aromatic rings. The van der Waals surface area contributed by atoms with Crippen LogP contribution in [-0.2, 0) is 19.1 Å². The Kier molecular flexibility index (Phi) is 7.34. The van der Waals surface area contributed by atoms with E-state index in [1.807, 2.05) is 6.08 Å². The Bertz CT molecular complexity index is 329. The Labute approximate surface area is 121 Å². The second-order valence-electron chi connectivity index (χ2n) is 5.32. The fraction of sp³-hybridized carbons (Fsp3) is 0.750. The molecule has 0 saturated heterocycles. The molecular weight excluding hydrogens is 256 g/mol. The van der Waals surface area contributed by atoms with Gasteiger partial charge in [-0.2, -0.15) is 0 Å². The van der Waals surface area contributed by atoms with Crippen molar-refractivity contribution in [1.29, 1.82) is 0 Å². The van der Waals surface area contributed by atoms with E-state index in [0.29, 0.717) is 12.3 Å². The molecule has 1 aliphatic rings. The first kappa shape index (κ1) is 16.7. The molecular formula is C16H26O4. The average Bonchev–Trinajstić information content (AvgIpc) is 2.42. The van der Waals surface area contributed by atoms with Crippen LogP contribution in [0.2, 0.25) is 0 Å². The summed E-state index contributed by atoms with van der Waals surface area (Å²) in [5.74, 6) is -1.02. The van der Waals surface area contributed by atoms with Crippen LogP contribution in [0.25, 0.3) is 0 Å². The Hall–Kier alpha value is -1.32. The molecule has 1 rings (SSSR count). The van der Waals surface area contributed by atoms with Crippen LogP contribution in [0.5, 0.6) is 0 Å². The van der Waals surface area contributed by atoms with E-state index in [4.69, 9.17) is 9.47 Å². The molecule has 0 N–H and O–H groups in total. The van der Waals surface area contributed by atoms with Crippen molar-refractivity contribution >= 4 is 11.9 Å². The van der Waals surface area contributed by atoms with Gasteiger partial charge in [-0.1, -0.05) is 13.0 Å². The maximum absolute atomic E-state index is 12.0. The molecule has 0 bridgehead atoms. The summed E-state index contributed by atoms with van der Waals surface area (Å²) in [6.07, 6.45) is 7.22. The van der Waals surface area contributed by atoms with Gasteiger partial charge in [0, 0.05) is 0 Å². The Morgan fingerprint density at radius 1 is 1.20 bits per heavy atom. The minimum Gasteiger partial charge on any atom is -0.465 e. The third kappa shape index (κ3) is 4.99. The fourth-order valence-electron chi connectivity index (χ4n) is 2.64. The topological polar surface area (TPSA) is 52.6 Å². The van der Waals surface area contributed by atoms with Gasteiger partial charge in [0.2, 0.25) is 0 Å². The van der Waals surface area contributed by atoms with Crippen molar-refractivity contribution in [1.82, 2.24) is 0 Å². The Morgan fingerprint density at radius 3 is 2.35 bits per heavy atom. The first-order chi connectivity index (χ1) is 9.62. The number of hydrogen-bond donors (Lipinski definition) is 0. The lowest BCUT2D eigenvalue weighted by Gasteiger charge is -2.28. The van der Waals surface area contributed by atoms with Gasteiger partial charge in [0.1, 0.15) is 6.10 Å². The van der Waals surface area contributed by atoms with Crippen LogP contribution >= 0.6 is 0 Å². The van der Waals surface area contributed by atoms with Crippen molar-refractivity contribution in [3.05, 3.63) is 12.7 Å². The molecule has 0 aliphatic heterocycles. The standard InChI is InChI=1S/C16H26O4/c1-4-7-12-8-10-13(11-9-12)20-16(18)14(5-2)15(17)19-6-3/h4,12-14H,1,5-11H2,2-3H3. The van der Waals surface area contributed by atoms with E-state index in [-0.39, 0.29) is 12.7 Å². The van der Waals surface area contributed by atoms with Gasteiger partial charge in [0.25, 0.3) is 0 Å². The summed E-state index contributed by atoms with van der Waals surface area (Å²) < 4.78 is 10.4. The summed E-state index contributed by atoms with van der Waals surface area (Å²) in [5, 5.41) is 0. The lowest BCUT2D eigenvalue weighted by molar-refractivity contribution is -0.166. The molecule has 0 aromatic heterocycles. The third-order valence-electron chi connectivity index (χ3n) is 3.84. The lowest BCUT2D eigenvalue weighted by Crippen LogP contribution is -2.32. The lowest BCUT2D eigenvalue weighted by atomic mass is 9.85. The van der Waals surface area contributed by atoms with Gasteiger partial charge < -0.3 is 9.47 Å². The second kappa shape index (κ2) is 8.77. The molecule has 4 heteroatoms. The van der Waals surface area contributed by atoms with E-state index >= 15 is 0 Å². The molecule has 0 spiro atoms. The van der Waals surface area contributed by atoms with Crippen molar-refractivity contribution in [3.8, 4) is 0 Å². The maximum atomic E-state index is 12.0. The number of carbonyl (C=O) groups excluding carboxylic acids is 2.